The number of nitrogens with one attached hydrogen (secondary N) is 1. The average Bonchev–Trinajstić information content (AvgIpc) is 3.28. The Balaban J connectivity index is 1.38. The molecule has 0 radical (unpaired) electrons. The zero-order valence-corrected chi connectivity index (χ0v) is 17.7. The molecule has 0 bridgehead atoms. The maximum atomic E-state index is 12.3. The maximum Gasteiger partial charge on any atom is 0.262 e. The zero-order chi connectivity index (χ0) is 20.9. The van der Waals surface area contributed by atoms with Gasteiger partial charge in [0, 0.05) is 29.4 Å². The normalized spacial score (nSPS) is 13.3. The predicted octanol–water partition coefficient (Wildman–Crippen LogP) is 5.07. The average molecular weight is 443 g/mol. The van der Waals surface area contributed by atoms with Gasteiger partial charge < -0.3 is 15.0 Å². The Bertz CT molecular complexity index is 1040. The molecule has 1 aliphatic rings. The Kier molecular flexibility index (Phi) is 6.35. The Hall–Kier alpha value is -2.83. The number of carbonyl (C=O) groups is 1. The minimum atomic E-state index is -0.298. The molecule has 0 spiro atoms. The van der Waals surface area contributed by atoms with Crippen LogP contribution in [0.5, 0.6) is 5.75 Å². The Morgan fingerprint density at radius 2 is 1.87 bits per heavy atom. The summed E-state index contributed by atoms with van der Waals surface area (Å²) in [6.45, 7) is 1.88. The van der Waals surface area contributed by atoms with Crippen molar-refractivity contribution < 1.29 is 9.53 Å². The Labute approximate surface area is 184 Å². The second-order valence-corrected chi connectivity index (χ2v) is 7.81. The molecule has 1 amide bonds. The highest BCUT2D eigenvalue weighted by atomic mass is 35.5. The third-order valence-corrected chi connectivity index (χ3v) is 5.31. The van der Waals surface area contributed by atoms with E-state index in [-0.39, 0.29) is 12.5 Å². The molecule has 1 saturated heterocycles. The first-order valence-electron chi connectivity index (χ1n) is 9.65. The molecular formula is C22H20Cl2N4O2. The highest BCUT2D eigenvalue weighted by molar-refractivity contribution is 6.35. The standard InChI is InChI=1S/C22H20Cl2N4O2/c23-16-6-8-20(18(24)13-16)30-14-22(29)25-17-5-3-4-15(12-17)19-7-9-21(27-26-19)28-10-1-2-11-28/h3-9,12-13H,1-2,10-11,14H2,(H,25,29). The van der Waals surface area contributed by atoms with E-state index in [1.54, 1.807) is 18.2 Å². The Morgan fingerprint density at radius 3 is 2.60 bits per heavy atom. The number of ether oxygens (including phenoxy) is 1. The van der Waals surface area contributed by atoms with Crippen LogP contribution in [0, 0.1) is 0 Å². The van der Waals surface area contributed by atoms with E-state index in [4.69, 9.17) is 27.9 Å². The van der Waals surface area contributed by atoms with Crippen LogP contribution in [-0.2, 0) is 4.79 Å². The molecule has 2 aromatic carbocycles. The van der Waals surface area contributed by atoms with Crippen LogP contribution in [0.15, 0.2) is 54.6 Å². The fourth-order valence-electron chi connectivity index (χ4n) is 3.28. The minimum Gasteiger partial charge on any atom is -0.482 e. The highest BCUT2D eigenvalue weighted by Crippen LogP contribution is 2.27. The van der Waals surface area contributed by atoms with E-state index in [9.17, 15) is 4.79 Å². The van der Waals surface area contributed by atoms with Crippen LogP contribution < -0.4 is 15.0 Å². The van der Waals surface area contributed by atoms with Gasteiger partial charge in [0.25, 0.3) is 5.91 Å². The molecule has 6 nitrogen and oxygen atoms in total. The molecule has 1 aromatic heterocycles. The van der Waals surface area contributed by atoms with Crippen LogP contribution in [0.25, 0.3) is 11.3 Å². The molecule has 1 N–H and O–H groups in total. The molecular weight excluding hydrogens is 423 g/mol. The number of hydrogen-bond donors (Lipinski definition) is 1. The number of aromatic nitrogens is 2. The van der Waals surface area contributed by atoms with Gasteiger partial charge in [0.2, 0.25) is 0 Å². The molecule has 8 heteroatoms. The molecule has 0 unspecified atom stereocenters. The lowest BCUT2D eigenvalue weighted by Crippen LogP contribution is -2.20. The lowest BCUT2D eigenvalue weighted by molar-refractivity contribution is -0.118. The monoisotopic (exact) mass is 442 g/mol. The lowest BCUT2D eigenvalue weighted by atomic mass is 10.1. The van der Waals surface area contributed by atoms with Crippen LogP contribution in [0.2, 0.25) is 10.0 Å². The number of halogens is 2. The topological polar surface area (TPSA) is 67.3 Å². The summed E-state index contributed by atoms with van der Waals surface area (Å²) in [7, 11) is 0. The molecule has 3 aromatic rings. The van der Waals surface area contributed by atoms with Gasteiger partial charge in [-0.3, -0.25) is 4.79 Å². The maximum absolute atomic E-state index is 12.3. The number of rotatable bonds is 6. The van der Waals surface area contributed by atoms with Crippen molar-refractivity contribution in [1.82, 2.24) is 10.2 Å². The molecule has 30 heavy (non-hydrogen) atoms. The summed E-state index contributed by atoms with van der Waals surface area (Å²) in [6.07, 6.45) is 2.39. The second kappa shape index (κ2) is 9.32. The Morgan fingerprint density at radius 1 is 1.03 bits per heavy atom. The van der Waals surface area contributed by atoms with Crippen molar-refractivity contribution in [3.63, 3.8) is 0 Å². The van der Waals surface area contributed by atoms with E-state index < -0.39 is 0 Å². The number of nitrogens with zero attached hydrogens (tertiary/aromatic N) is 3. The van der Waals surface area contributed by atoms with Crippen LogP contribution in [-0.4, -0.2) is 35.8 Å². The first-order chi connectivity index (χ1) is 14.6. The minimum absolute atomic E-state index is 0.171. The van der Waals surface area contributed by atoms with Crippen molar-refractivity contribution in [3.8, 4) is 17.0 Å². The summed E-state index contributed by atoms with van der Waals surface area (Å²) < 4.78 is 5.47. The van der Waals surface area contributed by atoms with Crippen molar-refractivity contribution in [3.05, 3.63) is 64.6 Å². The van der Waals surface area contributed by atoms with Gasteiger partial charge >= 0.3 is 0 Å². The summed E-state index contributed by atoms with van der Waals surface area (Å²) >= 11 is 11.9. The van der Waals surface area contributed by atoms with Gasteiger partial charge in [0.05, 0.1) is 10.7 Å². The van der Waals surface area contributed by atoms with Gasteiger partial charge in [-0.15, -0.1) is 10.2 Å². The van der Waals surface area contributed by atoms with Crippen molar-refractivity contribution in [1.29, 1.82) is 0 Å². The molecule has 2 heterocycles. The van der Waals surface area contributed by atoms with Crippen LogP contribution in [0.1, 0.15) is 12.8 Å². The first kappa shape index (κ1) is 20.4. The third-order valence-electron chi connectivity index (χ3n) is 4.78. The summed E-state index contributed by atoms with van der Waals surface area (Å²) in [4.78, 5) is 14.5. The quantitative estimate of drug-likeness (QED) is 0.577. The number of benzene rings is 2. The van der Waals surface area contributed by atoms with Crippen LogP contribution >= 0.6 is 23.2 Å². The molecule has 0 atom stereocenters. The smallest absolute Gasteiger partial charge is 0.262 e. The van der Waals surface area contributed by atoms with Crippen molar-refractivity contribution in [2.45, 2.75) is 12.8 Å². The van der Waals surface area contributed by atoms with Crippen LogP contribution in [0.3, 0.4) is 0 Å². The fraction of sp³-hybridized carbons (Fsp3) is 0.227. The van der Waals surface area contributed by atoms with E-state index in [1.165, 1.54) is 12.8 Å². The van der Waals surface area contributed by atoms with E-state index in [1.807, 2.05) is 36.4 Å². The molecule has 154 valence electrons. The molecule has 1 fully saturated rings. The third kappa shape index (κ3) is 5.01. The summed E-state index contributed by atoms with van der Waals surface area (Å²) in [5.74, 6) is 1.01. The molecule has 1 aliphatic heterocycles. The summed E-state index contributed by atoms with van der Waals surface area (Å²) in [5, 5.41) is 12.4. The van der Waals surface area contributed by atoms with E-state index in [2.05, 4.69) is 20.4 Å². The van der Waals surface area contributed by atoms with Gasteiger partial charge in [-0.05, 0) is 55.3 Å². The SMILES string of the molecule is O=C(COc1ccc(Cl)cc1Cl)Nc1cccc(-c2ccc(N3CCCC3)nn2)c1. The van der Waals surface area contributed by atoms with E-state index >= 15 is 0 Å². The lowest BCUT2D eigenvalue weighted by Gasteiger charge is -2.15. The summed E-state index contributed by atoms with van der Waals surface area (Å²) in [6, 6.07) is 16.2. The number of anilines is 2. The molecule has 4 rings (SSSR count). The molecule has 0 saturated carbocycles. The number of hydrogen-bond acceptors (Lipinski definition) is 5. The van der Waals surface area contributed by atoms with Crippen LogP contribution in [0.4, 0.5) is 11.5 Å². The molecule has 0 aliphatic carbocycles. The van der Waals surface area contributed by atoms with Gasteiger partial charge in [-0.25, -0.2) is 0 Å². The summed E-state index contributed by atoms with van der Waals surface area (Å²) in [5.41, 5.74) is 2.27. The van der Waals surface area contributed by atoms with Crippen molar-refractivity contribution in [2.75, 3.05) is 29.9 Å². The van der Waals surface area contributed by atoms with E-state index in [0.717, 1.165) is 30.2 Å². The zero-order valence-electron chi connectivity index (χ0n) is 16.1. The van der Waals surface area contributed by atoms with Crippen molar-refractivity contribution in [2.24, 2.45) is 0 Å². The van der Waals surface area contributed by atoms with Gasteiger partial charge in [-0.2, -0.15) is 0 Å². The predicted molar refractivity (Wildman–Crippen MR) is 120 cm³/mol. The fourth-order valence-corrected chi connectivity index (χ4v) is 3.75. The van der Waals surface area contributed by atoms with Gasteiger partial charge in [-0.1, -0.05) is 35.3 Å². The van der Waals surface area contributed by atoms with Crippen molar-refractivity contribution >= 4 is 40.6 Å². The number of amides is 1. The highest BCUT2D eigenvalue weighted by Gasteiger charge is 2.14. The second-order valence-electron chi connectivity index (χ2n) is 6.96. The van der Waals surface area contributed by atoms with E-state index in [0.29, 0.717) is 21.5 Å². The van der Waals surface area contributed by atoms with Gasteiger partial charge in [0.1, 0.15) is 5.75 Å². The largest absolute Gasteiger partial charge is 0.482 e. The van der Waals surface area contributed by atoms with Gasteiger partial charge in [0.15, 0.2) is 12.4 Å². The number of carbonyl (C=O) groups excluding carboxylic acids is 1. The first-order valence-corrected chi connectivity index (χ1v) is 10.4.